The first-order valence-corrected chi connectivity index (χ1v) is 10.9. The Morgan fingerprint density at radius 3 is 2.16 bits per heavy atom. The molecule has 0 saturated heterocycles. The third-order valence-electron chi connectivity index (χ3n) is 4.93. The molecule has 0 fully saturated rings. The first kappa shape index (κ1) is 20.9. The second kappa shape index (κ2) is 9.22. The number of para-hydroxylation sites is 2. The van der Waals surface area contributed by atoms with Gasteiger partial charge >= 0.3 is 0 Å². The van der Waals surface area contributed by atoms with Crippen LogP contribution in [0.1, 0.15) is 24.1 Å². The maximum Gasteiger partial charge on any atom is 0.234 e. The van der Waals surface area contributed by atoms with Gasteiger partial charge in [0, 0.05) is 16.8 Å². The number of carbonyl (C=O) groups excluding carboxylic acids is 2. The molecule has 7 heteroatoms. The molecule has 4 rings (SSSR count). The smallest absolute Gasteiger partial charge is 0.234 e. The Labute approximate surface area is 184 Å². The van der Waals surface area contributed by atoms with Gasteiger partial charge in [0.05, 0.1) is 17.0 Å². The lowest BCUT2D eigenvalue weighted by atomic mass is 9.94. The van der Waals surface area contributed by atoms with Gasteiger partial charge in [0.1, 0.15) is 17.3 Å². The monoisotopic (exact) mass is 436 g/mol. The van der Waals surface area contributed by atoms with Crippen LogP contribution in [0.25, 0.3) is 0 Å². The highest BCUT2D eigenvalue weighted by molar-refractivity contribution is 8.01. The second-order valence-corrected chi connectivity index (χ2v) is 8.46. The van der Waals surface area contributed by atoms with Gasteiger partial charge in [-0.15, -0.1) is 11.8 Å². The lowest BCUT2D eigenvalue weighted by molar-refractivity contribution is -0.120. The fraction of sp³-hybridized carbons (Fsp3) is 0.167. The zero-order valence-electron chi connectivity index (χ0n) is 16.8. The maximum absolute atomic E-state index is 13.0. The van der Waals surface area contributed by atoms with Gasteiger partial charge in [-0.25, -0.2) is 4.39 Å². The standard InChI is InChI=1S/C24H21FN2O3S/c1-15(31-14-22(28)26-17-12-10-16(25)11-13-17)24(29)27-23-18-6-2-4-8-20(18)30-21-9-5-3-7-19(21)23/h2-13,15,23H,14H2,1H3,(H,26,28)(H,27,29). The molecule has 0 aromatic heterocycles. The van der Waals surface area contributed by atoms with Gasteiger partial charge in [-0.2, -0.15) is 0 Å². The molecule has 1 heterocycles. The van der Waals surface area contributed by atoms with E-state index in [1.54, 1.807) is 6.92 Å². The largest absolute Gasteiger partial charge is 0.457 e. The van der Waals surface area contributed by atoms with Crippen LogP contribution >= 0.6 is 11.8 Å². The van der Waals surface area contributed by atoms with Gasteiger partial charge in [-0.05, 0) is 43.3 Å². The minimum absolute atomic E-state index is 0.104. The molecule has 1 aliphatic rings. The number of ether oxygens (including phenoxy) is 1. The van der Waals surface area contributed by atoms with Crippen molar-refractivity contribution in [1.29, 1.82) is 0 Å². The third kappa shape index (κ3) is 4.88. The molecule has 0 saturated carbocycles. The predicted octanol–water partition coefficient (Wildman–Crippen LogP) is 4.90. The van der Waals surface area contributed by atoms with Crippen LogP contribution in [-0.2, 0) is 9.59 Å². The molecule has 1 unspecified atom stereocenters. The van der Waals surface area contributed by atoms with E-state index in [0.29, 0.717) is 17.2 Å². The summed E-state index contributed by atoms with van der Waals surface area (Å²) in [4.78, 5) is 25.1. The van der Waals surface area contributed by atoms with E-state index in [2.05, 4.69) is 10.6 Å². The number of carbonyl (C=O) groups is 2. The molecule has 3 aromatic rings. The van der Waals surface area contributed by atoms with E-state index in [4.69, 9.17) is 4.74 Å². The van der Waals surface area contributed by atoms with Crippen molar-refractivity contribution in [3.05, 3.63) is 89.7 Å². The summed E-state index contributed by atoms with van der Waals surface area (Å²) in [5.74, 6) is 0.742. The number of nitrogens with one attached hydrogen (secondary N) is 2. The zero-order chi connectivity index (χ0) is 21.8. The minimum Gasteiger partial charge on any atom is -0.457 e. The van der Waals surface area contributed by atoms with Crippen LogP contribution in [0.4, 0.5) is 10.1 Å². The van der Waals surface area contributed by atoms with Crippen molar-refractivity contribution in [3.63, 3.8) is 0 Å². The molecule has 0 spiro atoms. The molecule has 3 aromatic carbocycles. The van der Waals surface area contributed by atoms with E-state index in [9.17, 15) is 14.0 Å². The highest BCUT2D eigenvalue weighted by Gasteiger charge is 2.29. The molecule has 1 aliphatic heterocycles. The molecule has 31 heavy (non-hydrogen) atoms. The van der Waals surface area contributed by atoms with Crippen molar-refractivity contribution >= 4 is 29.3 Å². The van der Waals surface area contributed by atoms with E-state index in [1.807, 2.05) is 48.5 Å². The summed E-state index contributed by atoms with van der Waals surface area (Å²) in [6, 6.07) is 20.4. The first-order valence-electron chi connectivity index (χ1n) is 9.84. The lowest BCUT2D eigenvalue weighted by Crippen LogP contribution is -2.36. The Morgan fingerprint density at radius 1 is 0.968 bits per heavy atom. The van der Waals surface area contributed by atoms with Crippen LogP contribution < -0.4 is 15.4 Å². The summed E-state index contributed by atoms with van der Waals surface area (Å²) in [7, 11) is 0. The van der Waals surface area contributed by atoms with Gasteiger partial charge in [0.25, 0.3) is 0 Å². The molecule has 0 aliphatic carbocycles. The lowest BCUT2D eigenvalue weighted by Gasteiger charge is -2.29. The van der Waals surface area contributed by atoms with Crippen LogP contribution in [0.3, 0.4) is 0 Å². The fourth-order valence-corrected chi connectivity index (χ4v) is 4.02. The van der Waals surface area contributed by atoms with E-state index < -0.39 is 5.25 Å². The van der Waals surface area contributed by atoms with Gasteiger partial charge in [0.2, 0.25) is 11.8 Å². The highest BCUT2D eigenvalue weighted by Crippen LogP contribution is 2.42. The highest BCUT2D eigenvalue weighted by atomic mass is 32.2. The van der Waals surface area contributed by atoms with Gasteiger partial charge in [-0.3, -0.25) is 9.59 Å². The molecule has 2 N–H and O–H groups in total. The van der Waals surface area contributed by atoms with Crippen LogP contribution in [0.15, 0.2) is 72.8 Å². The molecule has 2 amide bonds. The van der Waals surface area contributed by atoms with Crippen molar-refractivity contribution in [2.24, 2.45) is 0 Å². The Morgan fingerprint density at radius 2 is 1.55 bits per heavy atom. The number of thioether (sulfide) groups is 1. The summed E-state index contributed by atoms with van der Waals surface area (Å²) in [5.41, 5.74) is 2.29. The van der Waals surface area contributed by atoms with Crippen LogP contribution in [0.2, 0.25) is 0 Å². The molecule has 5 nitrogen and oxygen atoms in total. The number of hydrogen-bond acceptors (Lipinski definition) is 4. The molecule has 158 valence electrons. The van der Waals surface area contributed by atoms with E-state index in [-0.39, 0.29) is 29.4 Å². The maximum atomic E-state index is 13.0. The van der Waals surface area contributed by atoms with Gasteiger partial charge < -0.3 is 15.4 Å². The molecule has 1 atom stereocenters. The summed E-state index contributed by atoms with van der Waals surface area (Å²) in [5, 5.41) is 5.35. The van der Waals surface area contributed by atoms with Gasteiger partial charge in [-0.1, -0.05) is 36.4 Å². The average Bonchev–Trinajstić information content (AvgIpc) is 2.78. The van der Waals surface area contributed by atoms with Crippen molar-refractivity contribution in [2.75, 3.05) is 11.1 Å². The SMILES string of the molecule is CC(SCC(=O)Nc1ccc(F)cc1)C(=O)NC1c2ccccc2Oc2ccccc21. The molecule has 0 bridgehead atoms. The third-order valence-corrected chi connectivity index (χ3v) is 6.07. The van der Waals surface area contributed by atoms with Crippen molar-refractivity contribution in [3.8, 4) is 11.5 Å². The number of hydrogen-bond donors (Lipinski definition) is 2. The minimum atomic E-state index is -0.443. The summed E-state index contributed by atoms with van der Waals surface area (Å²) in [6.45, 7) is 1.77. The molecular formula is C24H21FN2O3S. The summed E-state index contributed by atoms with van der Waals surface area (Å²) < 4.78 is 18.9. The molecular weight excluding hydrogens is 415 g/mol. The van der Waals surface area contributed by atoms with Crippen LogP contribution in [0.5, 0.6) is 11.5 Å². The summed E-state index contributed by atoms with van der Waals surface area (Å²) in [6.07, 6.45) is 0. The Bertz CT molecular complexity index is 1060. The Hall–Kier alpha value is -3.32. The summed E-state index contributed by atoms with van der Waals surface area (Å²) >= 11 is 1.24. The predicted molar refractivity (Wildman–Crippen MR) is 120 cm³/mol. The zero-order valence-corrected chi connectivity index (χ0v) is 17.6. The van der Waals surface area contributed by atoms with E-state index in [0.717, 1.165) is 11.1 Å². The van der Waals surface area contributed by atoms with E-state index in [1.165, 1.54) is 36.0 Å². The Kier molecular flexibility index (Phi) is 6.23. The first-order chi connectivity index (χ1) is 15.0. The number of anilines is 1. The average molecular weight is 437 g/mol. The number of amides is 2. The van der Waals surface area contributed by atoms with Crippen molar-refractivity contribution < 1.29 is 18.7 Å². The van der Waals surface area contributed by atoms with Crippen LogP contribution in [0, 0.1) is 5.82 Å². The molecule has 0 radical (unpaired) electrons. The Balaban J connectivity index is 1.39. The van der Waals surface area contributed by atoms with Gasteiger partial charge in [0.15, 0.2) is 0 Å². The van der Waals surface area contributed by atoms with Crippen LogP contribution in [-0.4, -0.2) is 22.8 Å². The van der Waals surface area contributed by atoms with Crippen molar-refractivity contribution in [1.82, 2.24) is 5.32 Å². The fourth-order valence-electron chi connectivity index (χ4n) is 3.33. The number of fused-ring (bicyclic) bond motifs is 2. The second-order valence-electron chi connectivity index (χ2n) is 7.13. The normalized spacial score (nSPS) is 13.4. The van der Waals surface area contributed by atoms with Crippen molar-refractivity contribution in [2.45, 2.75) is 18.2 Å². The topological polar surface area (TPSA) is 67.4 Å². The number of halogens is 1. The van der Waals surface area contributed by atoms with E-state index >= 15 is 0 Å². The quantitative estimate of drug-likeness (QED) is 0.577. The number of benzene rings is 3. The number of rotatable bonds is 6.